The second-order valence-electron chi connectivity index (χ2n) is 10.1. The van der Waals surface area contributed by atoms with Gasteiger partial charge in [0.15, 0.2) is 0 Å². The van der Waals surface area contributed by atoms with Crippen molar-refractivity contribution in [2.45, 2.75) is 53.4 Å². The molecule has 2 N–H and O–H groups in total. The number of thiophene rings is 1. The van der Waals surface area contributed by atoms with Crippen LogP contribution in [-0.4, -0.2) is 46.4 Å². The van der Waals surface area contributed by atoms with Crippen LogP contribution in [0.15, 0.2) is 36.0 Å². The number of rotatable bonds is 7. The highest BCUT2D eigenvalue weighted by Gasteiger charge is 2.35. The smallest absolute Gasteiger partial charge is 0.341 e. The van der Waals surface area contributed by atoms with Gasteiger partial charge in [-0.2, -0.15) is 0 Å². The van der Waals surface area contributed by atoms with Gasteiger partial charge in [-0.05, 0) is 88.8 Å². The molecule has 4 amide bonds. The molecule has 1 saturated heterocycles. The van der Waals surface area contributed by atoms with E-state index in [0.717, 1.165) is 63.7 Å². The average molecular weight is 561 g/mol. The predicted octanol–water partition coefficient (Wildman–Crippen LogP) is 5.05. The minimum Gasteiger partial charge on any atom is -0.462 e. The summed E-state index contributed by atoms with van der Waals surface area (Å²) in [6, 6.07) is 8.51. The van der Waals surface area contributed by atoms with E-state index < -0.39 is 24.4 Å². The first-order chi connectivity index (χ1) is 19.2. The molecular weight excluding hydrogens is 528 g/mol. The topological polar surface area (TPSA) is 110 Å². The number of hydrogen-bond donors (Lipinski definition) is 2. The Morgan fingerprint density at radius 1 is 1.10 bits per heavy atom. The predicted molar refractivity (Wildman–Crippen MR) is 154 cm³/mol. The van der Waals surface area contributed by atoms with Gasteiger partial charge in [0.2, 0.25) is 5.91 Å². The molecule has 0 radical (unpaired) electrons. The third-order valence-corrected chi connectivity index (χ3v) is 8.48. The molecule has 3 aromatic rings. The molecule has 5 rings (SSSR count). The molecule has 0 saturated carbocycles. The van der Waals surface area contributed by atoms with Crippen LogP contribution in [0, 0.1) is 20.8 Å². The highest BCUT2D eigenvalue weighted by atomic mass is 32.1. The average Bonchev–Trinajstić information content (AvgIpc) is 3.52. The molecule has 1 fully saturated rings. The molecule has 10 heteroatoms. The Bertz CT molecular complexity index is 1550. The number of benzene rings is 1. The Balaban J connectivity index is 1.41. The summed E-state index contributed by atoms with van der Waals surface area (Å²) in [7, 11) is 0. The van der Waals surface area contributed by atoms with Crippen molar-refractivity contribution in [3.63, 3.8) is 0 Å². The lowest BCUT2D eigenvalue weighted by atomic mass is 9.95. The summed E-state index contributed by atoms with van der Waals surface area (Å²) in [6.45, 7) is 7.50. The molecule has 40 heavy (non-hydrogen) atoms. The zero-order valence-corrected chi connectivity index (χ0v) is 23.9. The van der Waals surface area contributed by atoms with Crippen molar-refractivity contribution in [2.24, 2.45) is 0 Å². The maximum absolute atomic E-state index is 13.1. The van der Waals surface area contributed by atoms with Crippen molar-refractivity contribution >= 4 is 46.9 Å². The number of esters is 1. The minimum atomic E-state index is -0.653. The first kappa shape index (κ1) is 27.4. The molecule has 2 aromatic heterocycles. The minimum absolute atomic E-state index is 0.0875. The standard InChI is InChI=1S/C30H32N4O5S/c1-5-39-29(37)26-22-8-6-7-9-24(22)40-28(26)34-18(3)14-20(19(34)4)15-23-27(36)33(30(38)32-23)16-25(35)31-21-12-10-17(2)11-13-21/h10-15H,5-9,16H2,1-4H3,(H,31,35)(H,32,38)/b23-15+. The van der Waals surface area contributed by atoms with E-state index in [0.29, 0.717) is 17.9 Å². The molecule has 1 aromatic carbocycles. The number of ether oxygens (including phenoxy) is 1. The Hall–Kier alpha value is -4.18. The van der Waals surface area contributed by atoms with Crippen LogP contribution < -0.4 is 10.6 Å². The molecule has 0 bridgehead atoms. The van der Waals surface area contributed by atoms with Gasteiger partial charge in [-0.25, -0.2) is 14.5 Å². The zero-order valence-electron chi connectivity index (χ0n) is 23.1. The number of nitrogens with zero attached hydrogens (tertiary/aromatic N) is 2. The molecule has 0 unspecified atom stereocenters. The van der Waals surface area contributed by atoms with Crippen LogP contribution in [0.5, 0.6) is 0 Å². The second kappa shape index (κ2) is 11.1. The first-order valence-corrected chi connectivity index (χ1v) is 14.2. The van der Waals surface area contributed by atoms with E-state index in [-0.39, 0.29) is 11.7 Å². The van der Waals surface area contributed by atoms with Crippen LogP contribution >= 0.6 is 11.3 Å². The summed E-state index contributed by atoms with van der Waals surface area (Å²) in [5.74, 6) is -1.37. The Kier molecular flexibility index (Phi) is 7.62. The molecular formula is C30H32N4O5S. The van der Waals surface area contributed by atoms with E-state index in [4.69, 9.17) is 4.74 Å². The van der Waals surface area contributed by atoms with Gasteiger partial charge in [0.25, 0.3) is 5.91 Å². The Labute approximate surface area is 236 Å². The lowest BCUT2D eigenvalue weighted by Crippen LogP contribution is -2.38. The summed E-state index contributed by atoms with van der Waals surface area (Å²) in [5.41, 5.74) is 5.87. The van der Waals surface area contributed by atoms with E-state index in [1.54, 1.807) is 36.5 Å². The Morgan fingerprint density at radius 2 is 1.82 bits per heavy atom. The van der Waals surface area contributed by atoms with Crippen LogP contribution in [0.2, 0.25) is 0 Å². The van der Waals surface area contributed by atoms with E-state index in [9.17, 15) is 19.2 Å². The van der Waals surface area contributed by atoms with E-state index in [2.05, 4.69) is 10.6 Å². The number of aromatic nitrogens is 1. The zero-order chi connectivity index (χ0) is 28.6. The number of nitrogens with one attached hydrogen (secondary N) is 2. The highest BCUT2D eigenvalue weighted by Crippen LogP contribution is 2.39. The molecule has 3 heterocycles. The summed E-state index contributed by atoms with van der Waals surface area (Å²) in [4.78, 5) is 53.4. The van der Waals surface area contributed by atoms with Crippen LogP contribution in [0.1, 0.15) is 63.1 Å². The number of carbonyl (C=O) groups is 4. The van der Waals surface area contributed by atoms with Crippen LogP contribution in [-0.2, 0) is 27.2 Å². The quantitative estimate of drug-likeness (QED) is 0.239. The van der Waals surface area contributed by atoms with Crippen LogP contribution in [0.4, 0.5) is 10.5 Å². The van der Waals surface area contributed by atoms with Crippen molar-refractivity contribution < 1.29 is 23.9 Å². The summed E-state index contributed by atoms with van der Waals surface area (Å²) >= 11 is 1.62. The lowest BCUT2D eigenvalue weighted by Gasteiger charge is -2.13. The summed E-state index contributed by atoms with van der Waals surface area (Å²) in [5, 5.41) is 6.13. The van der Waals surface area contributed by atoms with E-state index in [1.807, 2.05) is 43.5 Å². The van der Waals surface area contributed by atoms with Gasteiger partial charge in [-0.3, -0.25) is 9.59 Å². The molecule has 0 spiro atoms. The molecule has 208 valence electrons. The maximum atomic E-state index is 13.1. The number of amides is 4. The lowest BCUT2D eigenvalue weighted by molar-refractivity contribution is -0.127. The number of aryl methyl sites for hydroxylation is 3. The van der Waals surface area contributed by atoms with Crippen molar-refractivity contribution in [1.82, 2.24) is 14.8 Å². The van der Waals surface area contributed by atoms with Crippen molar-refractivity contribution in [2.75, 3.05) is 18.5 Å². The fourth-order valence-electron chi connectivity index (χ4n) is 5.22. The second-order valence-corrected chi connectivity index (χ2v) is 11.2. The number of carbonyl (C=O) groups excluding carboxylic acids is 4. The highest BCUT2D eigenvalue weighted by molar-refractivity contribution is 7.15. The third kappa shape index (κ3) is 5.19. The fraction of sp³-hybridized carbons (Fsp3) is 0.333. The van der Waals surface area contributed by atoms with Crippen LogP contribution in [0.3, 0.4) is 0 Å². The molecule has 1 aliphatic heterocycles. The number of urea groups is 1. The maximum Gasteiger partial charge on any atom is 0.341 e. The van der Waals surface area contributed by atoms with E-state index >= 15 is 0 Å². The van der Waals surface area contributed by atoms with Gasteiger partial charge in [0, 0.05) is 22.0 Å². The largest absolute Gasteiger partial charge is 0.462 e. The summed E-state index contributed by atoms with van der Waals surface area (Å²) < 4.78 is 7.46. The normalized spacial score (nSPS) is 15.8. The fourth-order valence-corrected chi connectivity index (χ4v) is 6.71. The number of anilines is 1. The van der Waals surface area contributed by atoms with Crippen molar-refractivity contribution in [3.05, 3.63) is 74.5 Å². The number of fused-ring (bicyclic) bond motifs is 1. The molecule has 0 atom stereocenters. The van der Waals surface area contributed by atoms with Gasteiger partial charge >= 0.3 is 12.0 Å². The third-order valence-electron chi connectivity index (χ3n) is 7.20. The number of imide groups is 1. The van der Waals surface area contributed by atoms with Crippen LogP contribution in [0.25, 0.3) is 11.1 Å². The first-order valence-electron chi connectivity index (χ1n) is 13.4. The van der Waals surface area contributed by atoms with Crippen molar-refractivity contribution in [3.8, 4) is 5.00 Å². The van der Waals surface area contributed by atoms with E-state index in [1.165, 1.54) is 4.88 Å². The molecule has 9 nitrogen and oxygen atoms in total. The van der Waals surface area contributed by atoms with Gasteiger partial charge in [-0.15, -0.1) is 11.3 Å². The molecule has 1 aliphatic carbocycles. The molecule has 2 aliphatic rings. The van der Waals surface area contributed by atoms with Gasteiger partial charge in [0.05, 0.1) is 12.2 Å². The van der Waals surface area contributed by atoms with Crippen molar-refractivity contribution in [1.29, 1.82) is 0 Å². The monoisotopic (exact) mass is 560 g/mol. The van der Waals surface area contributed by atoms with Gasteiger partial charge < -0.3 is 19.9 Å². The van der Waals surface area contributed by atoms with Gasteiger partial charge in [-0.1, -0.05) is 17.7 Å². The Morgan fingerprint density at radius 3 is 2.55 bits per heavy atom. The van der Waals surface area contributed by atoms with Gasteiger partial charge in [0.1, 0.15) is 17.2 Å². The summed E-state index contributed by atoms with van der Waals surface area (Å²) in [6.07, 6.45) is 5.55. The SMILES string of the molecule is CCOC(=O)c1c(-n2c(C)cc(/C=C3/NC(=O)N(CC(=O)Nc4ccc(C)cc4)C3=O)c2C)sc2c1CCCC2. The number of hydrogen-bond acceptors (Lipinski definition) is 6.